The highest BCUT2D eigenvalue weighted by Gasteiger charge is 2.45. The van der Waals surface area contributed by atoms with Gasteiger partial charge in [0.05, 0.1) is 5.41 Å². The van der Waals surface area contributed by atoms with E-state index in [1.807, 2.05) is 31.2 Å². The zero-order valence-corrected chi connectivity index (χ0v) is 20.0. The number of ether oxygens (including phenoxy) is 1. The molecule has 7 heteroatoms. The molecule has 2 aromatic rings. The predicted molar refractivity (Wildman–Crippen MR) is 131 cm³/mol. The lowest BCUT2D eigenvalue weighted by molar-refractivity contribution is -0.157. The number of likely N-dealkylation sites (tertiary alicyclic amines) is 1. The minimum atomic E-state index is -0.837. The number of hydrogen-bond acceptors (Lipinski definition) is 4. The highest BCUT2D eigenvalue weighted by atomic mass is 16.5. The fraction of sp³-hybridized carbons (Fsp3) is 0.464. The summed E-state index contributed by atoms with van der Waals surface area (Å²) in [4.78, 5) is 39.0. The highest BCUT2D eigenvalue weighted by Crippen LogP contribution is 2.44. The lowest BCUT2D eigenvalue weighted by Crippen LogP contribution is -2.55. The minimum Gasteiger partial charge on any atom is -0.481 e. The van der Waals surface area contributed by atoms with Crippen LogP contribution in [0.25, 0.3) is 11.1 Å². The number of carboxylic acids is 1. The van der Waals surface area contributed by atoms with Crippen LogP contribution in [0.3, 0.4) is 0 Å². The van der Waals surface area contributed by atoms with Crippen molar-refractivity contribution in [2.75, 3.05) is 19.7 Å². The van der Waals surface area contributed by atoms with Crippen LogP contribution in [0.2, 0.25) is 0 Å². The molecule has 1 saturated heterocycles. The maximum atomic E-state index is 13.0. The normalized spacial score (nSPS) is 25.2. The zero-order valence-electron chi connectivity index (χ0n) is 20.0. The first kappa shape index (κ1) is 23.4. The number of nitrogens with one attached hydrogen (secondary N) is 1. The third kappa shape index (κ3) is 4.28. The number of rotatable bonds is 6. The molecule has 0 radical (unpaired) electrons. The van der Waals surface area contributed by atoms with Crippen molar-refractivity contribution in [3.8, 4) is 11.1 Å². The van der Waals surface area contributed by atoms with E-state index in [1.165, 1.54) is 22.3 Å². The Balaban J connectivity index is 1.12. The van der Waals surface area contributed by atoms with Gasteiger partial charge in [-0.2, -0.15) is 0 Å². The molecule has 2 aromatic carbocycles. The van der Waals surface area contributed by atoms with Gasteiger partial charge >= 0.3 is 12.1 Å². The number of amides is 2. The van der Waals surface area contributed by atoms with Crippen molar-refractivity contribution in [1.29, 1.82) is 0 Å². The average molecular weight is 477 g/mol. The number of hydrogen-bond donors (Lipinski definition) is 2. The lowest BCUT2D eigenvalue weighted by atomic mass is 9.75. The summed E-state index contributed by atoms with van der Waals surface area (Å²) in [5, 5.41) is 12.6. The number of carbonyl (C=O) groups is 3. The Hall–Kier alpha value is -3.35. The van der Waals surface area contributed by atoms with Crippen molar-refractivity contribution in [3.05, 3.63) is 59.7 Å². The van der Waals surface area contributed by atoms with Crippen LogP contribution in [-0.2, 0) is 14.3 Å². The molecule has 2 N–H and O–H groups in total. The van der Waals surface area contributed by atoms with E-state index in [-0.39, 0.29) is 36.9 Å². The molecule has 5 rings (SSSR count). The van der Waals surface area contributed by atoms with Gasteiger partial charge < -0.3 is 20.1 Å². The number of benzene rings is 2. The smallest absolute Gasteiger partial charge is 0.407 e. The first-order valence-corrected chi connectivity index (χ1v) is 12.6. The Labute approximate surface area is 205 Å². The first-order chi connectivity index (χ1) is 16.9. The van der Waals surface area contributed by atoms with E-state index in [1.54, 1.807) is 4.90 Å². The van der Waals surface area contributed by atoms with Gasteiger partial charge in [0.1, 0.15) is 6.61 Å². The van der Waals surface area contributed by atoms with Gasteiger partial charge in [0, 0.05) is 31.0 Å². The van der Waals surface area contributed by atoms with Crippen LogP contribution in [0, 0.1) is 11.3 Å². The van der Waals surface area contributed by atoms with Crippen molar-refractivity contribution in [2.45, 2.75) is 51.0 Å². The summed E-state index contributed by atoms with van der Waals surface area (Å²) in [5.41, 5.74) is 3.87. The molecule has 7 nitrogen and oxygen atoms in total. The molecule has 0 spiro atoms. The Kier molecular flexibility index (Phi) is 6.26. The molecule has 1 heterocycles. The van der Waals surface area contributed by atoms with Crippen LogP contribution in [0.4, 0.5) is 4.79 Å². The molecular formula is C28H32N2O5. The van der Waals surface area contributed by atoms with E-state index in [0.717, 1.165) is 0 Å². The van der Waals surface area contributed by atoms with Crippen LogP contribution in [0.5, 0.6) is 0 Å². The number of carboxylic acid groups (broad SMARTS) is 1. The van der Waals surface area contributed by atoms with Crippen molar-refractivity contribution in [3.63, 3.8) is 0 Å². The zero-order chi connectivity index (χ0) is 24.6. The summed E-state index contributed by atoms with van der Waals surface area (Å²) >= 11 is 0. The van der Waals surface area contributed by atoms with Crippen LogP contribution in [-0.4, -0.2) is 53.7 Å². The molecule has 1 aliphatic heterocycles. The number of fused-ring (bicyclic) bond motifs is 3. The Morgan fingerprint density at radius 3 is 2.29 bits per heavy atom. The molecule has 2 fully saturated rings. The van der Waals surface area contributed by atoms with Crippen molar-refractivity contribution in [2.24, 2.45) is 11.3 Å². The fourth-order valence-electron chi connectivity index (χ4n) is 5.94. The Bertz CT molecular complexity index is 1100. The van der Waals surface area contributed by atoms with Gasteiger partial charge in [-0.05, 0) is 54.4 Å². The third-order valence-corrected chi connectivity index (χ3v) is 8.17. The molecule has 1 atom stereocenters. The third-order valence-electron chi connectivity index (χ3n) is 8.17. The fourth-order valence-corrected chi connectivity index (χ4v) is 5.94. The molecule has 184 valence electrons. The van der Waals surface area contributed by atoms with Crippen LogP contribution in [0.15, 0.2) is 48.5 Å². The molecule has 0 bridgehead atoms. The number of nitrogens with zero attached hydrogens (tertiary/aromatic N) is 1. The Morgan fingerprint density at radius 2 is 1.69 bits per heavy atom. The molecule has 3 aliphatic rings. The van der Waals surface area contributed by atoms with E-state index in [9.17, 15) is 19.5 Å². The summed E-state index contributed by atoms with van der Waals surface area (Å²) < 4.78 is 5.62. The highest BCUT2D eigenvalue weighted by molar-refractivity contribution is 5.83. The number of piperidine rings is 1. The Morgan fingerprint density at radius 1 is 1.06 bits per heavy atom. The largest absolute Gasteiger partial charge is 0.481 e. The van der Waals surface area contributed by atoms with E-state index < -0.39 is 17.5 Å². The standard InChI is InChI=1S/C28H32N2O5/c1-2-28(26(32)33)12-7-13-30(17-28)25(31)18-14-19(15-18)29-27(34)35-16-24-22-10-5-3-8-20(22)21-9-4-6-11-23(21)24/h3-6,8-11,18-19,24H,2,7,12-17H2,1H3,(H,29,34)(H,32,33). The summed E-state index contributed by atoms with van der Waals surface area (Å²) in [5.74, 6) is -0.971. The first-order valence-electron chi connectivity index (χ1n) is 12.6. The molecule has 1 saturated carbocycles. The maximum Gasteiger partial charge on any atom is 0.407 e. The lowest BCUT2D eigenvalue weighted by Gasteiger charge is -2.43. The van der Waals surface area contributed by atoms with E-state index in [0.29, 0.717) is 38.6 Å². The van der Waals surface area contributed by atoms with Crippen LogP contribution >= 0.6 is 0 Å². The summed E-state index contributed by atoms with van der Waals surface area (Å²) in [6.07, 6.45) is 2.50. The summed E-state index contributed by atoms with van der Waals surface area (Å²) in [6.45, 7) is 3.02. The summed E-state index contributed by atoms with van der Waals surface area (Å²) in [6, 6.07) is 16.3. The van der Waals surface area contributed by atoms with Gasteiger partial charge in [-0.15, -0.1) is 0 Å². The second kappa shape index (κ2) is 9.36. The van der Waals surface area contributed by atoms with Gasteiger partial charge in [0.2, 0.25) is 5.91 Å². The van der Waals surface area contributed by atoms with Gasteiger partial charge in [-0.3, -0.25) is 9.59 Å². The number of alkyl carbamates (subject to hydrolysis) is 1. The van der Waals surface area contributed by atoms with Gasteiger partial charge in [-0.25, -0.2) is 4.79 Å². The van der Waals surface area contributed by atoms with Gasteiger partial charge in [0.25, 0.3) is 0 Å². The van der Waals surface area contributed by atoms with Crippen LogP contribution < -0.4 is 5.32 Å². The number of carbonyl (C=O) groups excluding carboxylic acids is 2. The van der Waals surface area contributed by atoms with Crippen LogP contribution in [0.1, 0.15) is 56.1 Å². The minimum absolute atomic E-state index is 0.00867. The summed E-state index contributed by atoms with van der Waals surface area (Å²) in [7, 11) is 0. The molecular weight excluding hydrogens is 444 g/mol. The number of aliphatic carboxylic acids is 1. The quantitative estimate of drug-likeness (QED) is 0.644. The molecule has 0 aromatic heterocycles. The second-order valence-corrected chi connectivity index (χ2v) is 10.1. The SMILES string of the molecule is CCC1(C(=O)O)CCCN(C(=O)C2CC(NC(=O)OCC3c4ccccc4-c4ccccc43)C2)C1. The topological polar surface area (TPSA) is 95.9 Å². The van der Waals surface area contributed by atoms with Crippen molar-refractivity contribution >= 4 is 18.0 Å². The maximum absolute atomic E-state index is 13.0. The van der Waals surface area contributed by atoms with E-state index >= 15 is 0 Å². The monoisotopic (exact) mass is 476 g/mol. The van der Waals surface area contributed by atoms with Crippen molar-refractivity contribution in [1.82, 2.24) is 10.2 Å². The molecule has 2 amide bonds. The average Bonchev–Trinajstić information content (AvgIpc) is 3.18. The van der Waals surface area contributed by atoms with Crippen molar-refractivity contribution < 1.29 is 24.2 Å². The van der Waals surface area contributed by atoms with Gasteiger partial charge in [-0.1, -0.05) is 55.5 Å². The second-order valence-electron chi connectivity index (χ2n) is 10.1. The van der Waals surface area contributed by atoms with E-state index in [4.69, 9.17) is 4.74 Å². The molecule has 2 aliphatic carbocycles. The van der Waals surface area contributed by atoms with E-state index in [2.05, 4.69) is 29.6 Å². The predicted octanol–water partition coefficient (Wildman–Crippen LogP) is 4.41. The molecule has 35 heavy (non-hydrogen) atoms. The molecule has 1 unspecified atom stereocenters. The van der Waals surface area contributed by atoms with Gasteiger partial charge in [0.15, 0.2) is 0 Å².